The zero-order valence-corrected chi connectivity index (χ0v) is 11.8. The van der Waals surface area contributed by atoms with Crippen molar-refractivity contribution in [1.29, 1.82) is 0 Å². The number of nitro groups is 1. The topological polar surface area (TPSA) is 72.2 Å². The summed E-state index contributed by atoms with van der Waals surface area (Å²) in [5.74, 6) is -0.217. The molecule has 0 aliphatic heterocycles. The lowest BCUT2D eigenvalue weighted by molar-refractivity contribution is -0.384. The fourth-order valence-electron chi connectivity index (χ4n) is 1.59. The van der Waals surface area contributed by atoms with Gasteiger partial charge in [-0.2, -0.15) is 0 Å². The number of nitrogens with one attached hydrogen (secondary N) is 1. The maximum atomic E-state index is 11.8. The van der Waals surface area contributed by atoms with Crippen molar-refractivity contribution in [2.24, 2.45) is 0 Å². The zero-order valence-electron chi connectivity index (χ0n) is 10.2. The summed E-state index contributed by atoms with van der Waals surface area (Å²) in [5.41, 5.74) is 0.406. The number of hydrogen-bond donors (Lipinski definition) is 1. The number of carbonyl (C=O) groups is 1. The van der Waals surface area contributed by atoms with Gasteiger partial charge in [0.15, 0.2) is 0 Å². The van der Waals surface area contributed by atoms with Crippen molar-refractivity contribution in [3.05, 3.63) is 39.9 Å². The van der Waals surface area contributed by atoms with Crippen LogP contribution >= 0.6 is 15.9 Å². The van der Waals surface area contributed by atoms with E-state index < -0.39 is 4.92 Å². The summed E-state index contributed by atoms with van der Waals surface area (Å²) >= 11 is 3.42. The molecule has 5 nitrogen and oxygen atoms in total. The van der Waals surface area contributed by atoms with E-state index in [0.717, 1.165) is 6.42 Å². The molecule has 0 bridgehead atoms. The molecular formula is C12H15BrN2O3. The van der Waals surface area contributed by atoms with Gasteiger partial charge in [0.05, 0.1) is 4.92 Å². The molecule has 18 heavy (non-hydrogen) atoms. The molecule has 98 valence electrons. The lowest BCUT2D eigenvalue weighted by Crippen LogP contribution is -2.33. The average Bonchev–Trinajstić information content (AvgIpc) is 2.27. The lowest BCUT2D eigenvalue weighted by atomic mass is 10.1. The predicted molar refractivity (Wildman–Crippen MR) is 73.0 cm³/mol. The van der Waals surface area contributed by atoms with Gasteiger partial charge in [-0.1, -0.05) is 22.9 Å². The highest BCUT2D eigenvalue weighted by molar-refractivity contribution is 9.09. The number of non-ortho nitro benzene ring substituents is 1. The number of carbonyl (C=O) groups excluding carboxylic acids is 1. The minimum atomic E-state index is -0.489. The Morgan fingerprint density at radius 1 is 1.39 bits per heavy atom. The van der Waals surface area contributed by atoms with Crippen LogP contribution in [0.4, 0.5) is 5.69 Å². The highest BCUT2D eigenvalue weighted by Gasteiger charge is 2.12. The third-order valence-corrected chi connectivity index (χ3v) is 2.77. The molecule has 0 saturated carbocycles. The molecule has 1 aromatic rings. The smallest absolute Gasteiger partial charge is 0.269 e. The predicted octanol–water partition coefficient (Wildman–Crippen LogP) is 2.89. The molecule has 1 rings (SSSR count). The van der Waals surface area contributed by atoms with Crippen LogP contribution in [0, 0.1) is 10.1 Å². The summed E-state index contributed by atoms with van der Waals surface area (Å²) in [5, 5.41) is 13.3. The van der Waals surface area contributed by atoms with E-state index in [4.69, 9.17) is 0 Å². The number of nitro benzene ring substituents is 1. The van der Waals surface area contributed by atoms with Crippen LogP contribution in [0.5, 0.6) is 0 Å². The van der Waals surface area contributed by atoms with Gasteiger partial charge in [-0.05, 0) is 25.5 Å². The van der Waals surface area contributed by atoms with Gasteiger partial charge in [-0.25, -0.2) is 0 Å². The molecule has 2 unspecified atom stereocenters. The molecule has 0 aliphatic rings. The van der Waals surface area contributed by atoms with E-state index in [1.165, 1.54) is 24.3 Å². The molecule has 6 heteroatoms. The van der Waals surface area contributed by atoms with E-state index in [0.29, 0.717) is 10.4 Å². The second kappa shape index (κ2) is 6.49. The van der Waals surface area contributed by atoms with Gasteiger partial charge in [-0.15, -0.1) is 0 Å². The van der Waals surface area contributed by atoms with Crippen molar-refractivity contribution < 1.29 is 9.72 Å². The molecule has 1 N–H and O–H groups in total. The average molecular weight is 315 g/mol. The van der Waals surface area contributed by atoms with Crippen LogP contribution in [-0.2, 0) is 0 Å². The molecule has 0 radical (unpaired) electrons. The van der Waals surface area contributed by atoms with Gasteiger partial charge in [0.2, 0.25) is 0 Å². The first-order valence-corrected chi connectivity index (χ1v) is 6.51. The molecule has 0 saturated heterocycles. The van der Waals surface area contributed by atoms with E-state index in [-0.39, 0.29) is 17.6 Å². The first-order chi connectivity index (χ1) is 8.40. The Morgan fingerprint density at radius 3 is 2.39 bits per heavy atom. The van der Waals surface area contributed by atoms with E-state index in [2.05, 4.69) is 21.2 Å². The Labute approximate surface area is 114 Å². The zero-order chi connectivity index (χ0) is 13.7. The van der Waals surface area contributed by atoms with Crippen LogP contribution in [0.2, 0.25) is 0 Å². The molecule has 0 spiro atoms. The van der Waals surface area contributed by atoms with Crippen molar-refractivity contribution in [3.63, 3.8) is 0 Å². The molecule has 0 heterocycles. The summed E-state index contributed by atoms with van der Waals surface area (Å²) < 4.78 is 0. The number of amides is 1. The van der Waals surface area contributed by atoms with Crippen molar-refractivity contribution in [2.45, 2.75) is 31.1 Å². The quantitative estimate of drug-likeness (QED) is 0.516. The van der Waals surface area contributed by atoms with Crippen LogP contribution in [0.15, 0.2) is 24.3 Å². The van der Waals surface area contributed by atoms with E-state index in [1.54, 1.807) is 0 Å². The number of rotatable bonds is 5. The van der Waals surface area contributed by atoms with E-state index in [1.807, 2.05) is 13.8 Å². The lowest BCUT2D eigenvalue weighted by Gasteiger charge is -2.15. The Bertz CT molecular complexity index is 431. The van der Waals surface area contributed by atoms with E-state index >= 15 is 0 Å². The second-order valence-electron chi connectivity index (χ2n) is 4.19. The number of nitrogens with zero attached hydrogens (tertiary/aromatic N) is 1. The first kappa shape index (κ1) is 14.6. The number of hydrogen-bond acceptors (Lipinski definition) is 3. The van der Waals surface area contributed by atoms with Crippen LogP contribution in [-0.4, -0.2) is 21.7 Å². The summed E-state index contributed by atoms with van der Waals surface area (Å²) in [6, 6.07) is 5.61. The Morgan fingerprint density at radius 2 is 1.94 bits per heavy atom. The molecule has 0 aromatic heterocycles. The van der Waals surface area contributed by atoms with E-state index in [9.17, 15) is 14.9 Å². The SMILES string of the molecule is CC(Br)CC(C)NC(=O)c1ccc([N+](=O)[O-])cc1. The monoisotopic (exact) mass is 314 g/mol. The number of halogens is 1. The van der Waals surface area contributed by atoms with Crippen LogP contribution in [0.1, 0.15) is 30.6 Å². The summed E-state index contributed by atoms with van der Waals surface area (Å²) in [6.07, 6.45) is 0.818. The van der Waals surface area contributed by atoms with Gasteiger partial charge < -0.3 is 5.32 Å². The molecular weight excluding hydrogens is 300 g/mol. The number of benzene rings is 1. The largest absolute Gasteiger partial charge is 0.350 e. The first-order valence-electron chi connectivity index (χ1n) is 5.59. The van der Waals surface area contributed by atoms with Crippen LogP contribution in [0.25, 0.3) is 0 Å². The minimum absolute atomic E-state index is 0.0197. The van der Waals surface area contributed by atoms with Gasteiger partial charge in [0.25, 0.3) is 11.6 Å². The van der Waals surface area contributed by atoms with Crippen LogP contribution in [0.3, 0.4) is 0 Å². The fraction of sp³-hybridized carbons (Fsp3) is 0.417. The molecule has 0 aliphatic carbocycles. The Balaban J connectivity index is 2.64. The maximum Gasteiger partial charge on any atom is 0.269 e. The van der Waals surface area contributed by atoms with Gasteiger partial charge >= 0.3 is 0 Å². The van der Waals surface area contributed by atoms with Crippen molar-refractivity contribution in [2.75, 3.05) is 0 Å². The third kappa shape index (κ3) is 4.44. The molecule has 2 atom stereocenters. The van der Waals surface area contributed by atoms with Gasteiger partial charge in [0, 0.05) is 28.6 Å². The van der Waals surface area contributed by atoms with Crippen LogP contribution < -0.4 is 5.32 Å². The van der Waals surface area contributed by atoms with Crippen molar-refractivity contribution in [3.8, 4) is 0 Å². The Hall–Kier alpha value is -1.43. The highest BCUT2D eigenvalue weighted by atomic mass is 79.9. The minimum Gasteiger partial charge on any atom is -0.350 e. The number of alkyl halides is 1. The van der Waals surface area contributed by atoms with Crippen molar-refractivity contribution >= 4 is 27.5 Å². The standard InChI is InChI=1S/C12H15BrN2O3/c1-8(13)7-9(2)14-12(16)10-3-5-11(6-4-10)15(17)18/h3-6,8-9H,7H2,1-2H3,(H,14,16). The molecule has 1 aromatic carbocycles. The summed E-state index contributed by atoms with van der Waals surface area (Å²) in [7, 11) is 0. The summed E-state index contributed by atoms with van der Waals surface area (Å²) in [4.78, 5) is 22.1. The summed E-state index contributed by atoms with van der Waals surface area (Å²) in [6.45, 7) is 3.93. The fourth-order valence-corrected chi connectivity index (χ4v) is 2.15. The third-order valence-electron chi connectivity index (χ3n) is 2.40. The van der Waals surface area contributed by atoms with Crippen molar-refractivity contribution in [1.82, 2.24) is 5.32 Å². The second-order valence-corrected chi connectivity index (χ2v) is 5.76. The molecule has 1 amide bonds. The van der Waals surface area contributed by atoms with Gasteiger partial charge in [-0.3, -0.25) is 14.9 Å². The van der Waals surface area contributed by atoms with Gasteiger partial charge in [0.1, 0.15) is 0 Å². The highest BCUT2D eigenvalue weighted by Crippen LogP contribution is 2.12. The molecule has 0 fully saturated rings. The normalized spacial score (nSPS) is 13.7. The maximum absolute atomic E-state index is 11.8. The Kier molecular flexibility index (Phi) is 5.27.